The molecular formula is C13H16N4O2. The molecule has 1 amide bonds. The molecular weight excluding hydrogens is 244 g/mol. The Labute approximate surface area is 111 Å². The lowest BCUT2D eigenvalue weighted by atomic mass is 10.2. The molecule has 100 valence electrons. The molecule has 6 nitrogen and oxygen atoms in total. The Hall–Kier alpha value is -2.21. The first-order valence-electron chi connectivity index (χ1n) is 5.97. The van der Waals surface area contributed by atoms with Gasteiger partial charge in [0.05, 0.1) is 0 Å². The number of rotatable bonds is 5. The summed E-state index contributed by atoms with van der Waals surface area (Å²) in [6, 6.07) is 5.56. The molecule has 0 aliphatic carbocycles. The molecule has 0 spiro atoms. The number of carbonyl (C=O) groups is 1. The molecule has 2 aromatic heterocycles. The minimum atomic E-state index is -0.468. The molecule has 1 unspecified atom stereocenters. The van der Waals surface area contributed by atoms with Gasteiger partial charge in [0.2, 0.25) is 5.91 Å². The molecule has 1 atom stereocenters. The topological polar surface area (TPSA) is 69.0 Å². The maximum Gasteiger partial charge on any atom is 0.249 e. The second-order valence-electron chi connectivity index (χ2n) is 4.03. The van der Waals surface area contributed by atoms with E-state index in [0.29, 0.717) is 12.4 Å². The van der Waals surface area contributed by atoms with E-state index in [4.69, 9.17) is 4.74 Å². The number of carbonyl (C=O) groups excluding carboxylic acids is 1. The highest BCUT2D eigenvalue weighted by Crippen LogP contribution is 2.09. The van der Waals surface area contributed by atoms with E-state index in [-0.39, 0.29) is 5.91 Å². The van der Waals surface area contributed by atoms with E-state index in [1.54, 1.807) is 24.0 Å². The van der Waals surface area contributed by atoms with Crippen LogP contribution >= 0.6 is 0 Å². The maximum atomic E-state index is 11.7. The van der Waals surface area contributed by atoms with Crippen LogP contribution in [0.5, 0.6) is 0 Å². The summed E-state index contributed by atoms with van der Waals surface area (Å²) in [7, 11) is 1.50. The first-order valence-corrected chi connectivity index (χ1v) is 5.97. The molecule has 0 saturated heterocycles. The Kier molecular flexibility index (Phi) is 4.25. The van der Waals surface area contributed by atoms with Gasteiger partial charge < -0.3 is 10.1 Å². The lowest BCUT2D eigenvalue weighted by molar-refractivity contribution is -0.130. The number of nitrogens with zero attached hydrogens (tertiary/aromatic N) is 3. The summed E-state index contributed by atoms with van der Waals surface area (Å²) in [5, 5.41) is 6.95. The van der Waals surface area contributed by atoms with Crippen LogP contribution in [0.4, 0.5) is 0 Å². The third-order valence-electron chi connectivity index (χ3n) is 2.76. The normalized spacial score (nSPS) is 12.1. The molecule has 2 aromatic rings. The van der Waals surface area contributed by atoms with Gasteiger partial charge in [0.1, 0.15) is 6.10 Å². The fourth-order valence-electron chi connectivity index (χ4n) is 1.60. The van der Waals surface area contributed by atoms with Gasteiger partial charge in [0, 0.05) is 37.8 Å². The number of nitrogens with one attached hydrogen (secondary N) is 1. The van der Waals surface area contributed by atoms with Gasteiger partial charge in [-0.2, -0.15) is 5.10 Å². The Morgan fingerprint density at radius 2 is 2.32 bits per heavy atom. The average Bonchev–Trinajstić information content (AvgIpc) is 2.98. The molecule has 1 N–H and O–H groups in total. The van der Waals surface area contributed by atoms with E-state index in [2.05, 4.69) is 15.4 Å². The number of hydrogen-bond donors (Lipinski definition) is 1. The predicted octanol–water partition coefficient (Wildman–Crippen LogP) is 0.918. The highest BCUT2D eigenvalue weighted by molar-refractivity contribution is 5.80. The first kappa shape index (κ1) is 13.2. The van der Waals surface area contributed by atoms with Crippen LogP contribution in [0.15, 0.2) is 36.8 Å². The number of hydrogen-bond acceptors (Lipinski definition) is 4. The van der Waals surface area contributed by atoms with Crippen molar-refractivity contribution in [2.45, 2.75) is 19.6 Å². The van der Waals surface area contributed by atoms with Crippen molar-refractivity contribution in [3.05, 3.63) is 42.4 Å². The molecule has 0 aromatic carbocycles. The lowest BCUT2D eigenvalue weighted by Crippen LogP contribution is -2.33. The summed E-state index contributed by atoms with van der Waals surface area (Å²) in [6.07, 6.45) is 4.72. The van der Waals surface area contributed by atoms with Crippen molar-refractivity contribution in [3.8, 4) is 5.82 Å². The number of ether oxygens (including phenoxy) is 1. The standard InChI is InChI=1S/C13H16N4O2/c1-10(19-2)13(18)15-9-11-5-3-6-14-12(11)17-8-4-7-16-17/h3-8,10H,9H2,1-2H3,(H,15,18). The quantitative estimate of drug-likeness (QED) is 0.868. The second kappa shape index (κ2) is 6.10. The van der Waals surface area contributed by atoms with Gasteiger partial charge in [-0.15, -0.1) is 0 Å². The Bertz CT molecular complexity index is 539. The van der Waals surface area contributed by atoms with E-state index in [1.165, 1.54) is 7.11 Å². The van der Waals surface area contributed by atoms with E-state index in [0.717, 1.165) is 5.56 Å². The average molecular weight is 260 g/mol. The molecule has 0 fully saturated rings. The smallest absolute Gasteiger partial charge is 0.249 e. The highest BCUT2D eigenvalue weighted by atomic mass is 16.5. The maximum absolute atomic E-state index is 11.7. The van der Waals surface area contributed by atoms with E-state index in [1.807, 2.05) is 24.4 Å². The van der Waals surface area contributed by atoms with Crippen molar-refractivity contribution in [2.24, 2.45) is 0 Å². The largest absolute Gasteiger partial charge is 0.372 e. The van der Waals surface area contributed by atoms with Crippen LogP contribution in [-0.4, -0.2) is 33.9 Å². The summed E-state index contributed by atoms with van der Waals surface area (Å²) in [5.41, 5.74) is 0.892. The Morgan fingerprint density at radius 3 is 3.00 bits per heavy atom. The van der Waals surface area contributed by atoms with Crippen LogP contribution in [0.25, 0.3) is 5.82 Å². The second-order valence-corrected chi connectivity index (χ2v) is 4.03. The van der Waals surface area contributed by atoms with Crippen molar-refractivity contribution in [1.82, 2.24) is 20.1 Å². The summed E-state index contributed by atoms with van der Waals surface area (Å²) >= 11 is 0. The molecule has 0 aliphatic heterocycles. The molecule has 19 heavy (non-hydrogen) atoms. The Morgan fingerprint density at radius 1 is 1.47 bits per heavy atom. The number of pyridine rings is 1. The van der Waals surface area contributed by atoms with Gasteiger partial charge in [0.15, 0.2) is 5.82 Å². The molecule has 0 saturated carbocycles. The van der Waals surface area contributed by atoms with Crippen LogP contribution in [0, 0.1) is 0 Å². The van der Waals surface area contributed by atoms with Crippen LogP contribution in [-0.2, 0) is 16.1 Å². The zero-order valence-corrected chi connectivity index (χ0v) is 10.9. The van der Waals surface area contributed by atoms with Crippen LogP contribution in [0.2, 0.25) is 0 Å². The zero-order valence-electron chi connectivity index (χ0n) is 10.9. The zero-order chi connectivity index (χ0) is 13.7. The number of amides is 1. The molecule has 0 radical (unpaired) electrons. The highest BCUT2D eigenvalue weighted by Gasteiger charge is 2.12. The monoisotopic (exact) mass is 260 g/mol. The summed E-state index contributed by atoms with van der Waals surface area (Å²) in [4.78, 5) is 15.9. The van der Waals surface area contributed by atoms with Gasteiger partial charge in [-0.3, -0.25) is 4.79 Å². The lowest BCUT2D eigenvalue weighted by Gasteiger charge is -2.12. The SMILES string of the molecule is COC(C)C(=O)NCc1cccnc1-n1cccn1. The van der Waals surface area contributed by atoms with E-state index < -0.39 is 6.10 Å². The molecule has 0 aliphatic rings. The van der Waals surface area contributed by atoms with Crippen molar-refractivity contribution in [1.29, 1.82) is 0 Å². The summed E-state index contributed by atoms with van der Waals surface area (Å²) in [5.74, 6) is 0.552. The van der Waals surface area contributed by atoms with E-state index in [9.17, 15) is 4.79 Å². The summed E-state index contributed by atoms with van der Waals surface area (Å²) < 4.78 is 6.63. The van der Waals surface area contributed by atoms with Crippen molar-refractivity contribution in [3.63, 3.8) is 0 Å². The fraction of sp³-hybridized carbons (Fsp3) is 0.308. The van der Waals surface area contributed by atoms with Crippen molar-refractivity contribution in [2.75, 3.05) is 7.11 Å². The van der Waals surface area contributed by atoms with Gasteiger partial charge in [0.25, 0.3) is 0 Å². The van der Waals surface area contributed by atoms with Gasteiger partial charge in [-0.25, -0.2) is 9.67 Å². The minimum Gasteiger partial charge on any atom is -0.372 e. The van der Waals surface area contributed by atoms with Crippen molar-refractivity contribution >= 4 is 5.91 Å². The number of methoxy groups -OCH3 is 1. The third-order valence-corrected chi connectivity index (χ3v) is 2.76. The van der Waals surface area contributed by atoms with Gasteiger partial charge in [-0.05, 0) is 19.1 Å². The minimum absolute atomic E-state index is 0.155. The van der Waals surface area contributed by atoms with Crippen LogP contribution < -0.4 is 5.32 Å². The fourth-order valence-corrected chi connectivity index (χ4v) is 1.60. The van der Waals surface area contributed by atoms with Gasteiger partial charge >= 0.3 is 0 Å². The molecule has 2 rings (SSSR count). The van der Waals surface area contributed by atoms with Gasteiger partial charge in [-0.1, -0.05) is 6.07 Å². The first-order chi connectivity index (χ1) is 9.22. The molecule has 6 heteroatoms. The third kappa shape index (κ3) is 3.17. The molecule has 0 bridgehead atoms. The van der Waals surface area contributed by atoms with Crippen LogP contribution in [0.1, 0.15) is 12.5 Å². The molecule has 2 heterocycles. The van der Waals surface area contributed by atoms with Crippen molar-refractivity contribution < 1.29 is 9.53 Å². The van der Waals surface area contributed by atoms with Crippen LogP contribution in [0.3, 0.4) is 0 Å². The number of aromatic nitrogens is 3. The predicted molar refractivity (Wildman–Crippen MR) is 69.7 cm³/mol. The summed E-state index contributed by atoms with van der Waals surface area (Å²) in [6.45, 7) is 2.09. The van der Waals surface area contributed by atoms with E-state index >= 15 is 0 Å². The Balaban J connectivity index is 2.11.